The Balaban J connectivity index is 2.04. The van der Waals surface area contributed by atoms with Crippen LogP contribution >= 0.6 is 0 Å². The summed E-state index contributed by atoms with van der Waals surface area (Å²) in [5.41, 5.74) is 1.66. The van der Waals surface area contributed by atoms with Crippen molar-refractivity contribution in [3.8, 4) is 11.1 Å². The standard InChI is InChI=1S/C19H14N2O5S/c1-27(25,26)12-4-2-3-10(7-12)11-5-6-15-13(8-11)16-14(19(23)24)9-20-17(16)18(22)21-15/h2-9,20H,1H3,(H,21,22)(H,23,24). The summed E-state index contributed by atoms with van der Waals surface area (Å²) < 4.78 is 23.6. The molecule has 0 fully saturated rings. The van der Waals surface area contributed by atoms with Crippen molar-refractivity contribution in [1.82, 2.24) is 9.97 Å². The minimum absolute atomic E-state index is 0.00290. The lowest BCUT2D eigenvalue weighted by molar-refractivity contribution is 0.0699. The maximum absolute atomic E-state index is 12.2. The second kappa shape index (κ2) is 5.82. The number of H-pyrrole nitrogens is 2. The van der Waals surface area contributed by atoms with Crippen LogP contribution in [0.25, 0.3) is 32.9 Å². The lowest BCUT2D eigenvalue weighted by atomic mass is 10.0. The second-order valence-corrected chi connectivity index (χ2v) is 8.29. The summed E-state index contributed by atoms with van der Waals surface area (Å²) in [5.74, 6) is -1.14. The van der Waals surface area contributed by atoms with Gasteiger partial charge in [-0.25, -0.2) is 13.2 Å². The number of carboxylic acid groups (broad SMARTS) is 1. The molecule has 0 aliphatic heterocycles. The fraction of sp³-hybridized carbons (Fsp3) is 0.0526. The summed E-state index contributed by atoms with van der Waals surface area (Å²) >= 11 is 0. The molecule has 2 aromatic heterocycles. The predicted molar refractivity (Wildman–Crippen MR) is 102 cm³/mol. The number of fused-ring (bicyclic) bond motifs is 3. The molecule has 0 amide bonds. The second-order valence-electron chi connectivity index (χ2n) is 6.27. The number of carbonyl (C=O) groups is 1. The van der Waals surface area contributed by atoms with Gasteiger partial charge in [0.05, 0.1) is 10.5 Å². The number of pyridine rings is 1. The Morgan fingerprint density at radius 2 is 1.81 bits per heavy atom. The minimum atomic E-state index is -3.36. The SMILES string of the molecule is CS(=O)(=O)c1cccc(-c2ccc3[nH]c(=O)c4[nH]cc(C(=O)O)c4c3c2)c1. The van der Waals surface area contributed by atoms with Gasteiger partial charge in [-0.15, -0.1) is 0 Å². The van der Waals surface area contributed by atoms with E-state index in [2.05, 4.69) is 9.97 Å². The fourth-order valence-corrected chi connectivity index (χ4v) is 3.85. The zero-order valence-corrected chi connectivity index (χ0v) is 14.9. The van der Waals surface area contributed by atoms with Gasteiger partial charge in [-0.3, -0.25) is 4.79 Å². The molecular weight excluding hydrogens is 368 g/mol. The minimum Gasteiger partial charge on any atom is -0.478 e. The number of rotatable bonds is 3. The summed E-state index contributed by atoms with van der Waals surface area (Å²) in [6.45, 7) is 0. The van der Waals surface area contributed by atoms with Crippen molar-refractivity contribution in [2.24, 2.45) is 0 Å². The van der Waals surface area contributed by atoms with E-state index in [1.165, 1.54) is 12.3 Å². The number of aromatic amines is 2. The van der Waals surface area contributed by atoms with E-state index >= 15 is 0 Å². The molecule has 0 aliphatic rings. The number of aromatic nitrogens is 2. The summed E-state index contributed by atoms with van der Waals surface area (Å²) in [6.07, 6.45) is 2.43. The molecule has 0 spiro atoms. The summed E-state index contributed by atoms with van der Waals surface area (Å²) in [4.78, 5) is 29.4. The highest BCUT2D eigenvalue weighted by atomic mass is 32.2. The Hall–Kier alpha value is -3.39. The van der Waals surface area contributed by atoms with Crippen molar-refractivity contribution in [2.45, 2.75) is 4.90 Å². The van der Waals surface area contributed by atoms with E-state index < -0.39 is 21.4 Å². The average Bonchev–Trinajstić information content (AvgIpc) is 3.07. The molecule has 4 rings (SSSR count). The molecule has 0 bridgehead atoms. The molecule has 2 heterocycles. The first-order valence-corrected chi connectivity index (χ1v) is 9.86. The van der Waals surface area contributed by atoms with Crippen LogP contribution in [0.5, 0.6) is 0 Å². The molecule has 4 aromatic rings. The topological polar surface area (TPSA) is 120 Å². The predicted octanol–water partition coefficient (Wildman–Crippen LogP) is 2.78. The summed E-state index contributed by atoms with van der Waals surface area (Å²) in [6, 6.07) is 11.7. The average molecular weight is 382 g/mol. The van der Waals surface area contributed by atoms with Gasteiger partial charge in [-0.1, -0.05) is 18.2 Å². The van der Waals surface area contributed by atoms with Crippen molar-refractivity contribution in [3.05, 3.63) is 64.6 Å². The summed E-state index contributed by atoms with van der Waals surface area (Å²) in [5, 5.41) is 10.3. The Morgan fingerprint density at radius 3 is 2.52 bits per heavy atom. The van der Waals surface area contributed by atoms with Gasteiger partial charge >= 0.3 is 5.97 Å². The van der Waals surface area contributed by atoms with Crippen molar-refractivity contribution >= 4 is 37.6 Å². The van der Waals surface area contributed by atoms with Crippen LogP contribution < -0.4 is 5.56 Å². The van der Waals surface area contributed by atoms with E-state index in [1.54, 1.807) is 36.4 Å². The zero-order chi connectivity index (χ0) is 19.3. The molecule has 2 aromatic carbocycles. The molecule has 136 valence electrons. The van der Waals surface area contributed by atoms with E-state index in [-0.39, 0.29) is 16.0 Å². The van der Waals surface area contributed by atoms with Crippen LogP contribution in [-0.4, -0.2) is 35.7 Å². The highest BCUT2D eigenvalue weighted by molar-refractivity contribution is 7.90. The molecule has 0 saturated carbocycles. The van der Waals surface area contributed by atoms with Crippen LogP contribution in [0.1, 0.15) is 10.4 Å². The number of hydrogen-bond donors (Lipinski definition) is 3. The van der Waals surface area contributed by atoms with Gasteiger partial charge < -0.3 is 15.1 Å². The van der Waals surface area contributed by atoms with Crippen LogP contribution in [0.15, 0.2) is 58.4 Å². The highest BCUT2D eigenvalue weighted by Gasteiger charge is 2.17. The van der Waals surface area contributed by atoms with E-state index in [4.69, 9.17) is 0 Å². The monoisotopic (exact) mass is 382 g/mol. The van der Waals surface area contributed by atoms with Gasteiger partial charge in [0.2, 0.25) is 0 Å². The van der Waals surface area contributed by atoms with Crippen molar-refractivity contribution in [1.29, 1.82) is 0 Å². The van der Waals surface area contributed by atoms with Gasteiger partial charge in [-0.05, 0) is 35.4 Å². The molecule has 27 heavy (non-hydrogen) atoms. The number of carboxylic acids is 1. The molecule has 8 heteroatoms. The molecule has 0 unspecified atom stereocenters. The van der Waals surface area contributed by atoms with Crippen molar-refractivity contribution < 1.29 is 18.3 Å². The molecule has 7 nitrogen and oxygen atoms in total. The first-order chi connectivity index (χ1) is 12.8. The Kier molecular flexibility index (Phi) is 3.67. The quantitative estimate of drug-likeness (QED) is 0.503. The maximum atomic E-state index is 12.2. The number of benzene rings is 2. The number of nitrogens with one attached hydrogen (secondary N) is 2. The van der Waals surface area contributed by atoms with Crippen molar-refractivity contribution in [2.75, 3.05) is 6.26 Å². The number of hydrogen-bond acceptors (Lipinski definition) is 4. The molecular formula is C19H14N2O5S. The lowest BCUT2D eigenvalue weighted by Crippen LogP contribution is -2.07. The molecule has 0 atom stereocenters. The third kappa shape index (κ3) is 2.80. The summed E-state index contributed by atoms with van der Waals surface area (Å²) in [7, 11) is -3.36. The van der Waals surface area contributed by atoms with Crippen LogP contribution in [-0.2, 0) is 9.84 Å². The normalized spacial score (nSPS) is 11.9. The third-order valence-corrected chi connectivity index (χ3v) is 5.58. The van der Waals surface area contributed by atoms with Gasteiger partial charge in [0.25, 0.3) is 5.56 Å². The number of sulfone groups is 1. The fourth-order valence-electron chi connectivity index (χ4n) is 3.18. The zero-order valence-electron chi connectivity index (χ0n) is 14.1. The van der Waals surface area contributed by atoms with Gasteiger partial charge in [0.1, 0.15) is 5.52 Å². The Morgan fingerprint density at radius 1 is 1.07 bits per heavy atom. The Bertz CT molecular complexity index is 1400. The van der Waals surface area contributed by atoms with Crippen LogP contribution in [0, 0.1) is 0 Å². The maximum Gasteiger partial charge on any atom is 0.337 e. The van der Waals surface area contributed by atoms with Crippen molar-refractivity contribution in [3.63, 3.8) is 0 Å². The first-order valence-electron chi connectivity index (χ1n) is 7.96. The lowest BCUT2D eigenvalue weighted by Gasteiger charge is -2.07. The van der Waals surface area contributed by atoms with Gasteiger partial charge in [-0.2, -0.15) is 0 Å². The van der Waals surface area contributed by atoms with Crippen LogP contribution in [0.4, 0.5) is 0 Å². The van der Waals surface area contributed by atoms with E-state index in [1.807, 2.05) is 0 Å². The van der Waals surface area contributed by atoms with Crippen LogP contribution in [0.3, 0.4) is 0 Å². The Labute approximate surface area is 153 Å². The largest absolute Gasteiger partial charge is 0.478 e. The number of aromatic carboxylic acids is 1. The van der Waals surface area contributed by atoms with E-state index in [0.29, 0.717) is 27.4 Å². The smallest absolute Gasteiger partial charge is 0.337 e. The molecule has 0 aliphatic carbocycles. The van der Waals surface area contributed by atoms with Crippen LogP contribution in [0.2, 0.25) is 0 Å². The van der Waals surface area contributed by atoms with Gasteiger partial charge in [0.15, 0.2) is 9.84 Å². The third-order valence-electron chi connectivity index (χ3n) is 4.47. The molecule has 0 radical (unpaired) electrons. The van der Waals surface area contributed by atoms with E-state index in [9.17, 15) is 23.1 Å². The highest BCUT2D eigenvalue weighted by Crippen LogP contribution is 2.30. The van der Waals surface area contributed by atoms with E-state index in [0.717, 1.165) is 6.26 Å². The molecule has 0 saturated heterocycles. The first kappa shape index (κ1) is 17.0. The van der Waals surface area contributed by atoms with Gasteiger partial charge in [0, 0.05) is 28.7 Å². The molecule has 3 N–H and O–H groups in total.